The maximum atomic E-state index is 4.79. The molecule has 0 radical (unpaired) electrons. The van der Waals surface area contributed by atoms with Gasteiger partial charge in [0, 0.05) is 30.9 Å². The molecule has 0 spiro atoms. The molecule has 1 aliphatic heterocycles. The number of aryl methyl sites for hydroxylation is 2. The SMILES string of the molecule is CCNCc1c(C)cc(C)nc1N1CCC(C)C1. The minimum Gasteiger partial charge on any atom is -0.356 e. The molecule has 1 unspecified atom stereocenters. The first kappa shape index (κ1) is 13.3. The number of nitrogens with zero attached hydrogens (tertiary/aromatic N) is 2. The molecule has 1 atom stereocenters. The van der Waals surface area contributed by atoms with Crippen molar-refractivity contribution in [3.63, 3.8) is 0 Å². The fourth-order valence-electron chi connectivity index (χ4n) is 2.70. The molecular weight excluding hydrogens is 222 g/mol. The summed E-state index contributed by atoms with van der Waals surface area (Å²) in [5.74, 6) is 2.00. The van der Waals surface area contributed by atoms with Gasteiger partial charge in [0.05, 0.1) is 0 Å². The molecule has 2 rings (SSSR count). The van der Waals surface area contributed by atoms with Crippen LogP contribution in [0.15, 0.2) is 6.07 Å². The molecule has 1 N–H and O–H groups in total. The van der Waals surface area contributed by atoms with E-state index in [2.05, 4.69) is 44.0 Å². The average molecular weight is 247 g/mol. The fraction of sp³-hybridized carbons (Fsp3) is 0.667. The Morgan fingerprint density at radius 3 is 2.83 bits per heavy atom. The minimum absolute atomic E-state index is 0.791. The van der Waals surface area contributed by atoms with Crippen molar-refractivity contribution in [2.75, 3.05) is 24.5 Å². The van der Waals surface area contributed by atoms with Crippen LogP contribution in [-0.2, 0) is 6.54 Å². The van der Waals surface area contributed by atoms with Gasteiger partial charge in [-0.3, -0.25) is 0 Å². The van der Waals surface area contributed by atoms with Crippen molar-refractivity contribution in [1.29, 1.82) is 0 Å². The maximum Gasteiger partial charge on any atom is 0.133 e. The van der Waals surface area contributed by atoms with Crippen LogP contribution in [-0.4, -0.2) is 24.6 Å². The van der Waals surface area contributed by atoms with E-state index in [1.807, 2.05) is 0 Å². The topological polar surface area (TPSA) is 28.2 Å². The van der Waals surface area contributed by atoms with Gasteiger partial charge in [0.1, 0.15) is 5.82 Å². The Bertz CT molecular complexity index is 414. The lowest BCUT2D eigenvalue weighted by molar-refractivity contribution is 0.657. The second kappa shape index (κ2) is 5.70. The van der Waals surface area contributed by atoms with Crippen LogP contribution < -0.4 is 10.2 Å². The Hall–Kier alpha value is -1.09. The summed E-state index contributed by atoms with van der Waals surface area (Å²) in [4.78, 5) is 7.24. The van der Waals surface area contributed by atoms with Crippen molar-refractivity contribution >= 4 is 5.82 Å². The minimum atomic E-state index is 0.791. The number of nitrogens with one attached hydrogen (secondary N) is 1. The predicted octanol–water partition coefficient (Wildman–Crippen LogP) is 2.65. The summed E-state index contributed by atoms with van der Waals surface area (Å²) in [6.45, 7) is 13.0. The van der Waals surface area contributed by atoms with Gasteiger partial charge in [-0.1, -0.05) is 13.8 Å². The van der Waals surface area contributed by atoms with E-state index in [0.29, 0.717) is 0 Å². The molecule has 1 aliphatic rings. The van der Waals surface area contributed by atoms with Crippen LogP contribution in [0.25, 0.3) is 0 Å². The molecule has 18 heavy (non-hydrogen) atoms. The summed E-state index contributed by atoms with van der Waals surface area (Å²) in [6.07, 6.45) is 1.29. The van der Waals surface area contributed by atoms with Crippen LogP contribution >= 0.6 is 0 Å². The first-order valence-electron chi connectivity index (χ1n) is 7.04. The van der Waals surface area contributed by atoms with Crippen molar-refractivity contribution in [3.8, 4) is 0 Å². The highest BCUT2D eigenvalue weighted by atomic mass is 15.2. The second-order valence-corrected chi connectivity index (χ2v) is 5.50. The van der Waals surface area contributed by atoms with Gasteiger partial charge in [-0.05, 0) is 44.4 Å². The summed E-state index contributed by atoms with van der Waals surface area (Å²) in [5, 5.41) is 3.43. The summed E-state index contributed by atoms with van der Waals surface area (Å²) in [7, 11) is 0. The van der Waals surface area contributed by atoms with Crippen molar-refractivity contribution in [3.05, 3.63) is 22.9 Å². The fourth-order valence-corrected chi connectivity index (χ4v) is 2.70. The Morgan fingerprint density at radius 2 is 2.22 bits per heavy atom. The van der Waals surface area contributed by atoms with Crippen LogP contribution in [0.1, 0.15) is 37.1 Å². The number of anilines is 1. The number of rotatable bonds is 4. The van der Waals surface area contributed by atoms with E-state index in [-0.39, 0.29) is 0 Å². The molecule has 0 saturated carbocycles. The number of pyridine rings is 1. The molecular formula is C15H25N3. The Labute approximate surface area is 111 Å². The quantitative estimate of drug-likeness (QED) is 0.886. The van der Waals surface area contributed by atoms with Gasteiger partial charge in [-0.15, -0.1) is 0 Å². The Morgan fingerprint density at radius 1 is 1.44 bits per heavy atom. The van der Waals surface area contributed by atoms with Gasteiger partial charge in [0.2, 0.25) is 0 Å². The van der Waals surface area contributed by atoms with E-state index in [0.717, 1.165) is 37.8 Å². The molecule has 0 aliphatic carbocycles. The molecule has 0 bridgehead atoms. The average Bonchev–Trinajstić information content (AvgIpc) is 2.74. The predicted molar refractivity (Wildman–Crippen MR) is 77.1 cm³/mol. The smallest absolute Gasteiger partial charge is 0.133 e. The normalized spacial score (nSPS) is 19.6. The molecule has 1 aromatic heterocycles. The highest BCUT2D eigenvalue weighted by Gasteiger charge is 2.23. The third-order valence-corrected chi connectivity index (χ3v) is 3.73. The molecule has 1 fully saturated rings. The third kappa shape index (κ3) is 2.83. The van der Waals surface area contributed by atoms with Gasteiger partial charge in [0.15, 0.2) is 0 Å². The van der Waals surface area contributed by atoms with E-state index >= 15 is 0 Å². The van der Waals surface area contributed by atoms with Crippen LogP contribution in [0.2, 0.25) is 0 Å². The van der Waals surface area contributed by atoms with Gasteiger partial charge in [-0.25, -0.2) is 4.98 Å². The highest BCUT2D eigenvalue weighted by molar-refractivity contribution is 5.52. The lowest BCUT2D eigenvalue weighted by Crippen LogP contribution is -2.25. The first-order chi connectivity index (χ1) is 8.61. The van der Waals surface area contributed by atoms with Crippen molar-refractivity contribution in [1.82, 2.24) is 10.3 Å². The largest absolute Gasteiger partial charge is 0.356 e. The van der Waals surface area contributed by atoms with Crippen molar-refractivity contribution < 1.29 is 0 Å². The number of hydrogen-bond donors (Lipinski definition) is 1. The van der Waals surface area contributed by atoms with Crippen LogP contribution in [0, 0.1) is 19.8 Å². The van der Waals surface area contributed by atoms with Crippen LogP contribution in [0.4, 0.5) is 5.82 Å². The van der Waals surface area contributed by atoms with Crippen molar-refractivity contribution in [2.24, 2.45) is 5.92 Å². The van der Waals surface area contributed by atoms with Gasteiger partial charge < -0.3 is 10.2 Å². The molecule has 3 heteroatoms. The first-order valence-corrected chi connectivity index (χ1v) is 7.04. The van der Waals surface area contributed by atoms with Crippen molar-refractivity contribution in [2.45, 2.75) is 40.7 Å². The summed E-state index contributed by atoms with van der Waals surface area (Å²) in [6, 6.07) is 2.19. The summed E-state index contributed by atoms with van der Waals surface area (Å²) >= 11 is 0. The zero-order valence-electron chi connectivity index (χ0n) is 12.1. The maximum absolute atomic E-state index is 4.79. The lowest BCUT2D eigenvalue weighted by Gasteiger charge is -2.23. The van der Waals surface area contributed by atoms with Crippen LogP contribution in [0.3, 0.4) is 0 Å². The van der Waals surface area contributed by atoms with Gasteiger partial charge >= 0.3 is 0 Å². The molecule has 0 amide bonds. The van der Waals surface area contributed by atoms with Gasteiger partial charge in [0.25, 0.3) is 0 Å². The molecule has 2 heterocycles. The zero-order valence-corrected chi connectivity index (χ0v) is 12.1. The molecule has 100 valence electrons. The zero-order chi connectivity index (χ0) is 13.1. The second-order valence-electron chi connectivity index (χ2n) is 5.50. The summed E-state index contributed by atoms with van der Waals surface area (Å²) < 4.78 is 0. The van der Waals surface area contributed by atoms with Gasteiger partial charge in [-0.2, -0.15) is 0 Å². The van der Waals surface area contributed by atoms with E-state index < -0.39 is 0 Å². The number of hydrogen-bond acceptors (Lipinski definition) is 3. The Balaban J connectivity index is 2.31. The summed E-state index contributed by atoms with van der Waals surface area (Å²) in [5.41, 5.74) is 3.86. The lowest BCUT2D eigenvalue weighted by atomic mass is 10.1. The standard InChI is InChI=1S/C15H25N3/c1-5-16-9-14-12(3)8-13(4)17-15(14)18-7-6-11(2)10-18/h8,11,16H,5-7,9-10H2,1-4H3. The molecule has 0 aromatic carbocycles. The Kier molecular flexibility index (Phi) is 4.23. The van der Waals surface area contributed by atoms with E-state index in [1.54, 1.807) is 0 Å². The van der Waals surface area contributed by atoms with E-state index in [4.69, 9.17) is 4.98 Å². The monoisotopic (exact) mass is 247 g/mol. The van der Waals surface area contributed by atoms with Crippen LogP contribution in [0.5, 0.6) is 0 Å². The molecule has 1 saturated heterocycles. The number of aromatic nitrogens is 1. The molecule has 3 nitrogen and oxygen atoms in total. The van der Waals surface area contributed by atoms with E-state index in [9.17, 15) is 0 Å². The molecule has 1 aromatic rings. The third-order valence-electron chi connectivity index (χ3n) is 3.73. The van der Waals surface area contributed by atoms with E-state index in [1.165, 1.54) is 23.4 Å². The highest BCUT2D eigenvalue weighted by Crippen LogP contribution is 2.27.